The molecule has 1 aliphatic heterocycles. The molecule has 25 heavy (non-hydrogen) atoms. The molecule has 0 atom stereocenters. The van der Waals surface area contributed by atoms with Crippen molar-refractivity contribution in [3.05, 3.63) is 71.8 Å². The van der Waals surface area contributed by atoms with Crippen LogP contribution < -0.4 is 10.6 Å². The van der Waals surface area contributed by atoms with E-state index in [9.17, 15) is 4.79 Å². The fourth-order valence-corrected chi connectivity index (χ4v) is 2.55. The first kappa shape index (κ1) is 19.0. The largest absolute Gasteiger partial charge is 0.376 e. The van der Waals surface area contributed by atoms with E-state index >= 15 is 0 Å². The molecule has 0 saturated carbocycles. The molecule has 0 radical (unpaired) electrons. The Bertz CT molecular complexity index is 704. The van der Waals surface area contributed by atoms with E-state index in [4.69, 9.17) is 16.3 Å². The number of carbonyl (C=O) groups excluding carboxylic acids is 1. The predicted molar refractivity (Wildman–Crippen MR) is 105 cm³/mol. The summed E-state index contributed by atoms with van der Waals surface area (Å²) in [6, 6.07) is 5.41. The first-order chi connectivity index (χ1) is 12.1. The minimum atomic E-state index is -0.430. The van der Waals surface area contributed by atoms with Gasteiger partial charge in [0.15, 0.2) is 0 Å². The van der Waals surface area contributed by atoms with Crippen LogP contribution in [0.1, 0.15) is 12.5 Å². The topological polar surface area (TPSA) is 50.4 Å². The Morgan fingerprint density at radius 2 is 2.08 bits per heavy atom. The molecule has 1 aromatic rings. The number of hydrogen-bond donors (Lipinski definition) is 2. The zero-order chi connectivity index (χ0) is 18.1. The van der Waals surface area contributed by atoms with E-state index in [-0.39, 0.29) is 12.5 Å². The molecule has 132 valence electrons. The molecule has 2 rings (SSSR count). The molecule has 5 heteroatoms. The van der Waals surface area contributed by atoms with Gasteiger partial charge in [0.2, 0.25) is 5.91 Å². The first-order valence-electron chi connectivity index (χ1n) is 8.10. The normalized spacial score (nSPS) is 16.2. The van der Waals surface area contributed by atoms with Gasteiger partial charge in [0.25, 0.3) is 0 Å². The average Bonchev–Trinajstić information content (AvgIpc) is 2.57. The number of hydrogen-bond acceptors (Lipinski definition) is 3. The highest BCUT2D eigenvalue weighted by atomic mass is 35.5. The van der Waals surface area contributed by atoms with Crippen LogP contribution in [0.5, 0.6) is 0 Å². The number of anilines is 1. The summed E-state index contributed by atoms with van der Waals surface area (Å²) in [5.41, 5.74) is 1.25. The van der Waals surface area contributed by atoms with E-state index in [1.54, 1.807) is 18.2 Å². The summed E-state index contributed by atoms with van der Waals surface area (Å²) in [7, 11) is 0. The minimum Gasteiger partial charge on any atom is -0.376 e. The fourth-order valence-electron chi connectivity index (χ4n) is 2.37. The second kappa shape index (κ2) is 9.25. The number of ether oxygens (including phenoxy) is 1. The van der Waals surface area contributed by atoms with Gasteiger partial charge in [0.1, 0.15) is 5.54 Å². The Kier molecular flexibility index (Phi) is 7.04. The summed E-state index contributed by atoms with van der Waals surface area (Å²) in [5.74, 6) is -0.102. The lowest BCUT2D eigenvalue weighted by Gasteiger charge is -2.39. The van der Waals surface area contributed by atoms with E-state index in [2.05, 4.69) is 17.2 Å². The van der Waals surface area contributed by atoms with E-state index in [0.29, 0.717) is 18.2 Å². The lowest BCUT2D eigenvalue weighted by molar-refractivity contribution is -0.127. The number of nitrogens with one attached hydrogen (secondary N) is 2. The maximum absolute atomic E-state index is 12.3. The van der Waals surface area contributed by atoms with Crippen molar-refractivity contribution in [2.24, 2.45) is 0 Å². The Balaban J connectivity index is 1.91. The summed E-state index contributed by atoms with van der Waals surface area (Å²) >= 11 is 5.97. The highest BCUT2D eigenvalue weighted by Crippen LogP contribution is 2.22. The van der Waals surface area contributed by atoms with Gasteiger partial charge in [-0.2, -0.15) is 0 Å². The highest BCUT2D eigenvalue weighted by molar-refractivity contribution is 6.30. The van der Waals surface area contributed by atoms with Crippen LogP contribution in [0.15, 0.2) is 61.2 Å². The van der Waals surface area contributed by atoms with Gasteiger partial charge in [-0.3, -0.25) is 4.79 Å². The summed E-state index contributed by atoms with van der Waals surface area (Å²) in [6.45, 7) is 6.83. The molecule has 2 N–H and O–H groups in total. The standard InChI is InChI=1S/C20H23ClN2O2/c1-3-5-6-7-8-11-20(14-25-15-20)23-19(24)13-22-18-10-9-17(21)12-16(18)4-2/h3-12,22H,2,13-15H2,1H3,(H,23,24)/b5-3-,7-6-,11-8+. The van der Waals surface area contributed by atoms with Crippen LogP contribution >= 0.6 is 11.6 Å². The van der Waals surface area contributed by atoms with Crippen molar-refractivity contribution in [3.63, 3.8) is 0 Å². The molecule has 1 saturated heterocycles. The Labute approximate surface area is 153 Å². The van der Waals surface area contributed by atoms with E-state index < -0.39 is 5.54 Å². The summed E-state index contributed by atoms with van der Waals surface area (Å²) in [5, 5.41) is 6.77. The van der Waals surface area contributed by atoms with Crippen LogP contribution in [-0.4, -0.2) is 31.2 Å². The molecule has 1 aliphatic rings. The molecular formula is C20H23ClN2O2. The lowest BCUT2D eigenvalue weighted by atomic mass is 9.96. The number of rotatable bonds is 8. The second-order valence-electron chi connectivity index (χ2n) is 5.76. The van der Waals surface area contributed by atoms with Gasteiger partial charge in [0.05, 0.1) is 19.8 Å². The van der Waals surface area contributed by atoms with Crippen LogP contribution in [0.25, 0.3) is 6.08 Å². The Hall–Kier alpha value is -2.30. The first-order valence-corrected chi connectivity index (χ1v) is 8.48. The molecule has 1 heterocycles. The molecule has 4 nitrogen and oxygen atoms in total. The number of amides is 1. The van der Waals surface area contributed by atoms with Crippen LogP contribution in [0.2, 0.25) is 5.02 Å². The second-order valence-corrected chi connectivity index (χ2v) is 6.19. The maximum atomic E-state index is 12.3. The van der Waals surface area contributed by atoms with E-state index in [1.165, 1.54) is 0 Å². The number of benzene rings is 1. The van der Waals surface area contributed by atoms with Crippen LogP contribution in [0, 0.1) is 0 Å². The van der Waals surface area contributed by atoms with Gasteiger partial charge in [0, 0.05) is 10.7 Å². The van der Waals surface area contributed by atoms with Crippen LogP contribution in [-0.2, 0) is 9.53 Å². The van der Waals surface area contributed by atoms with Gasteiger partial charge >= 0.3 is 0 Å². The fraction of sp³-hybridized carbons (Fsp3) is 0.250. The summed E-state index contributed by atoms with van der Waals surface area (Å²) < 4.78 is 5.28. The zero-order valence-electron chi connectivity index (χ0n) is 14.3. The summed E-state index contributed by atoms with van der Waals surface area (Å²) in [6.07, 6.45) is 13.3. The SMILES string of the molecule is C=Cc1cc(Cl)ccc1NCC(=O)NC1(/C=C/C=C\C=C/C)COC1. The van der Waals surface area contributed by atoms with E-state index in [1.807, 2.05) is 49.4 Å². The number of halogens is 1. The highest BCUT2D eigenvalue weighted by Gasteiger charge is 2.37. The number of allylic oxidation sites excluding steroid dienone is 5. The van der Waals surface area contributed by atoms with Gasteiger partial charge < -0.3 is 15.4 Å². The van der Waals surface area contributed by atoms with Gasteiger partial charge in [-0.25, -0.2) is 0 Å². The molecule has 1 amide bonds. The lowest BCUT2D eigenvalue weighted by Crippen LogP contribution is -2.61. The average molecular weight is 359 g/mol. The van der Waals surface area contributed by atoms with Crippen molar-refractivity contribution in [3.8, 4) is 0 Å². The molecule has 0 spiro atoms. The monoisotopic (exact) mass is 358 g/mol. The van der Waals surface area contributed by atoms with Gasteiger partial charge in [-0.15, -0.1) is 0 Å². The Morgan fingerprint density at radius 1 is 1.32 bits per heavy atom. The smallest absolute Gasteiger partial charge is 0.240 e. The van der Waals surface area contributed by atoms with Gasteiger partial charge in [-0.1, -0.05) is 60.7 Å². The minimum absolute atomic E-state index is 0.102. The predicted octanol–water partition coefficient (Wildman–Crippen LogP) is 3.97. The van der Waals surface area contributed by atoms with Crippen molar-refractivity contribution < 1.29 is 9.53 Å². The van der Waals surface area contributed by atoms with Crippen LogP contribution in [0.4, 0.5) is 5.69 Å². The molecule has 1 fully saturated rings. The summed E-state index contributed by atoms with van der Waals surface area (Å²) in [4.78, 5) is 12.3. The third-order valence-electron chi connectivity index (χ3n) is 3.72. The molecular weight excluding hydrogens is 336 g/mol. The molecule has 0 aromatic heterocycles. The maximum Gasteiger partial charge on any atom is 0.240 e. The van der Waals surface area contributed by atoms with Crippen molar-refractivity contribution >= 4 is 29.3 Å². The van der Waals surface area contributed by atoms with E-state index in [0.717, 1.165) is 11.3 Å². The molecule has 0 bridgehead atoms. The van der Waals surface area contributed by atoms with Crippen molar-refractivity contribution in [2.75, 3.05) is 25.1 Å². The van der Waals surface area contributed by atoms with Crippen molar-refractivity contribution in [1.29, 1.82) is 0 Å². The van der Waals surface area contributed by atoms with Crippen molar-refractivity contribution in [1.82, 2.24) is 5.32 Å². The van der Waals surface area contributed by atoms with Crippen LogP contribution in [0.3, 0.4) is 0 Å². The number of carbonyl (C=O) groups is 1. The molecule has 1 aromatic carbocycles. The zero-order valence-corrected chi connectivity index (χ0v) is 15.1. The third-order valence-corrected chi connectivity index (χ3v) is 3.96. The molecule has 0 aliphatic carbocycles. The quantitative estimate of drug-likeness (QED) is 0.691. The third kappa shape index (κ3) is 5.62. The van der Waals surface area contributed by atoms with Crippen molar-refractivity contribution in [2.45, 2.75) is 12.5 Å². The Morgan fingerprint density at radius 3 is 2.72 bits per heavy atom. The van der Waals surface area contributed by atoms with Gasteiger partial charge in [-0.05, 0) is 30.7 Å². The molecule has 0 unspecified atom stereocenters.